The van der Waals surface area contributed by atoms with E-state index in [1.807, 2.05) is 6.92 Å². The number of benzene rings is 1. The molecule has 1 aromatic carbocycles. The Morgan fingerprint density at radius 3 is 2.87 bits per heavy atom. The van der Waals surface area contributed by atoms with Crippen LogP contribution in [0.25, 0.3) is 10.9 Å². The SMILES string of the molecule is CCC[NH+]1CNC(Nc2nc(C)c3cc(CC)ccc3n2)=[NH+]C1. The molecule has 6 heteroatoms. The maximum Gasteiger partial charge on any atom is 0.359 e. The van der Waals surface area contributed by atoms with Gasteiger partial charge in [-0.15, -0.1) is 0 Å². The Kier molecular flexibility index (Phi) is 4.71. The minimum absolute atomic E-state index is 0.633. The third kappa shape index (κ3) is 3.59. The lowest BCUT2D eigenvalue weighted by molar-refractivity contribution is -0.980. The second-order valence-corrected chi connectivity index (χ2v) is 6.04. The molecule has 2 heterocycles. The van der Waals surface area contributed by atoms with Crippen LogP contribution in [-0.2, 0) is 6.42 Å². The van der Waals surface area contributed by atoms with Crippen molar-refractivity contribution in [2.45, 2.75) is 33.6 Å². The highest BCUT2D eigenvalue weighted by Crippen LogP contribution is 2.19. The molecular weight excluding hydrogens is 288 g/mol. The molecule has 0 spiro atoms. The van der Waals surface area contributed by atoms with Crippen molar-refractivity contribution in [1.29, 1.82) is 0 Å². The van der Waals surface area contributed by atoms with Gasteiger partial charge in [-0.3, -0.25) is 4.90 Å². The summed E-state index contributed by atoms with van der Waals surface area (Å²) in [6.45, 7) is 9.40. The van der Waals surface area contributed by atoms with Gasteiger partial charge in [-0.1, -0.05) is 19.9 Å². The molecule has 0 amide bonds. The maximum absolute atomic E-state index is 4.63. The topological polar surface area (TPSA) is 68.2 Å². The lowest BCUT2D eigenvalue weighted by atomic mass is 10.1. The second-order valence-electron chi connectivity index (χ2n) is 6.04. The van der Waals surface area contributed by atoms with E-state index >= 15 is 0 Å². The summed E-state index contributed by atoms with van der Waals surface area (Å²) in [5, 5.41) is 7.76. The molecule has 3 rings (SSSR count). The van der Waals surface area contributed by atoms with E-state index in [0.29, 0.717) is 5.95 Å². The van der Waals surface area contributed by atoms with Crippen molar-refractivity contribution in [1.82, 2.24) is 15.3 Å². The van der Waals surface area contributed by atoms with Crippen molar-refractivity contribution in [2.24, 2.45) is 0 Å². The average Bonchev–Trinajstić information content (AvgIpc) is 2.57. The molecule has 0 fully saturated rings. The lowest BCUT2D eigenvalue weighted by Gasteiger charge is -2.19. The number of hydrogen-bond acceptors (Lipinski definition) is 4. The lowest BCUT2D eigenvalue weighted by Crippen LogP contribution is -3.24. The third-order valence-electron chi connectivity index (χ3n) is 4.23. The first-order valence-corrected chi connectivity index (χ1v) is 8.42. The Bertz CT molecular complexity index is 724. The van der Waals surface area contributed by atoms with Crippen LogP contribution in [0.1, 0.15) is 31.5 Å². The van der Waals surface area contributed by atoms with Crippen LogP contribution in [0.15, 0.2) is 18.2 Å². The summed E-state index contributed by atoms with van der Waals surface area (Å²) in [5.41, 5.74) is 3.29. The van der Waals surface area contributed by atoms with Gasteiger partial charge in [0.15, 0.2) is 13.3 Å². The van der Waals surface area contributed by atoms with Crippen molar-refractivity contribution in [3.8, 4) is 0 Å². The van der Waals surface area contributed by atoms with Crippen molar-refractivity contribution in [3.05, 3.63) is 29.5 Å². The summed E-state index contributed by atoms with van der Waals surface area (Å²) < 4.78 is 0. The molecule has 0 bridgehead atoms. The fraction of sp³-hybridized carbons (Fsp3) is 0.471. The zero-order valence-corrected chi connectivity index (χ0v) is 14.2. The highest BCUT2D eigenvalue weighted by Gasteiger charge is 2.20. The molecule has 4 N–H and O–H groups in total. The standard InChI is InChI=1S/C17H24N6/c1-4-8-23-10-18-16(19-11-23)22-17-20-12(3)14-9-13(5-2)6-7-15(14)21-17/h6-7,9H,4-5,8,10-11H2,1-3H3,(H2,18,19,20,21,22)/p+2. The van der Waals surface area contributed by atoms with Gasteiger partial charge < -0.3 is 0 Å². The third-order valence-corrected chi connectivity index (χ3v) is 4.23. The molecule has 1 unspecified atom stereocenters. The Labute approximate surface area is 137 Å². The number of fused-ring (bicyclic) bond motifs is 1. The first-order chi connectivity index (χ1) is 11.2. The summed E-state index contributed by atoms with van der Waals surface area (Å²) in [6, 6.07) is 6.40. The van der Waals surface area contributed by atoms with Gasteiger partial charge in [0.1, 0.15) is 0 Å². The van der Waals surface area contributed by atoms with Crippen molar-refractivity contribution in [3.63, 3.8) is 0 Å². The molecule has 1 aliphatic heterocycles. The quantitative estimate of drug-likeness (QED) is 0.594. The molecule has 6 nitrogen and oxygen atoms in total. The number of quaternary nitrogens is 1. The van der Waals surface area contributed by atoms with Crippen LogP contribution < -0.4 is 20.5 Å². The van der Waals surface area contributed by atoms with Gasteiger partial charge in [0.25, 0.3) is 5.95 Å². The molecule has 0 saturated heterocycles. The van der Waals surface area contributed by atoms with E-state index < -0.39 is 0 Å². The van der Waals surface area contributed by atoms with E-state index in [2.05, 4.69) is 57.6 Å². The first kappa shape index (κ1) is 15.7. The van der Waals surface area contributed by atoms with Gasteiger partial charge in [-0.25, -0.2) is 20.6 Å². The van der Waals surface area contributed by atoms with Crippen molar-refractivity contribution >= 4 is 22.8 Å². The summed E-state index contributed by atoms with van der Waals surface area (Å²) in [4.78, 5) is 14.1. The highest BCUT2D eigenvalue weighted by molar-refractivity contribution is 5.89. The number of aryl methyl sites for hydroxylation is 2. The zero-order valence-electron chi connectivity index (χ0n) is 14.2. The molecule has 23 heavy (non-hydrogen) atoms. The summed E-state index contributed by atoms with van der Waals surface area (Å²) in [7, 11) is 0. The molecule has 1 aliphatic rings. The minimum atomic E-state index is 0.633. The number of nitrogens with zero attached hydrogens (tertiary/aromatic N) is 2. The van der Waals surface area contributed by atoms with E-state index in [4.69, 9.17) is 0 Å². The smallest absolute Gasteiger partial charge is 0.277 e. The van der Waals surface area contributed by atoms with Gasteiger partial charge in [0.05, 0.1) is 17.8 Å². The zero-order chi connectivity index (χ0) is 16.2. The van der Waals surface area contributed by atoms with Gasteiger partial charge in [0.2, 0.25) is 0 Å². The number of anilines is 1. The van der Waals surface area contributed by atoms with Crippen LogP contribution in [0.2, 0.25) is 0 Å². The molecule has 0 radical (unpaired) electrons. The Morgan fingerprint density at radius 2 is 2.17 bits per heavy atom. The number of hydrogen-bond donors (Lipinski definition) is 4. The molecule has 122 valence electrons. The van der Waals surface area contributed by atoms with Gasteiger partial charge in [0, 0.05) is 5.39 Å². The van der Waals surface area contributed by atoms with Crippen LogP contribution in [0.3, 0.4) is 0 Å². The van der Waals surface area contributed by atoms with E-state index in [9.17, 15) is 0 Å². The van der Waals surface area contributed by atoms with Gasteiger partial charge >= 0.3 is 5.96 Å². The van der Waals surface area contributed by atoms with Gasteiger partial charge in [-0.05, 0) is 37.5 Å². The number of aromatic nitrogens is 2. The number of guanidine groups is 1. The summed E-state index contributed by atoms with van der Waals surface area (Å²) in [6.07, 6.45) is 2.21. The average molecular weight is 314 g/mol. The molecule has 2 aromatic rings. The monoisotopic (exact) mass is 314 g/mol. The number of rotatable bonds is 4. The second kappa shape index (κ2) is 6.91. The fourth-order valence-corrected chi connectivity index (χ4v) is 2.89. The van der Waals surface area contributed by atoms with Crippen LogP contribution in [0.4, 0.5) is 5.95 Å². The molecular formula is C17H26N6+2. The highest BCUT2D eigenvalue weighted by atomic mass is 15.4. The van der Waals surface area contributed by atoms with Crippen molar-refractivity contribution in [2.75, 3.05) is 25.2 Å². The van der Waals surface area contributed by atoms with E-state index in [1.54, 1.807) is 0 Å². The Hall–Kier alpha value is -2.21. The van der Waals surface area contributed by atoms with Crippen LogP contribution in [-0.4, -0.2) is 35.8 Å². The fourth-order valence-electron chi connectivity index (χ4n) is 2.89. The maximum atomic E-state index is 4.63. The number of nitrogens with one attached hydrogen (secondary N) is 4. The molecule has 1 aromatic heterocycles. The van der Waals surface area contributed by atoms with E-state index in [0.717, 1.165) is 42.3 Å². The Morgan fingerprint density at radius 1 is 1.30 bits per heavy atom. The predicted molar refractivity (Wildman–Crippen MR) is 92.2 cm³/mol. The van der Waals surface area contributed by atoms with Crippen LogP contribution in [0, 0.1) is 6.92 Å². The van der Waals surface area contributed by atoms with E-state index in [1.165, 1.54) is 23.4 Å². The predicted octanol–water partition coefficient (Wildman–Crippen LogP) is -0.838. The first-order valence-electron chi connectivity index (χ1n) is 8.42. The van der Waals surface area contributed by atoms with Crippen LogP contribution >= 0.6 is 0 Å². The molecule has 0 aliphatic carbocycles. The van der Waals surface area contributed by atoms with Crippen LogP contribution in [0.5, 0.6) is 0 Å². The Balaban J connectivity index is 1.79. The summed E-state index contributed by atoms with van der Waals surface area (Å²) >= 11 is 0. The molecule has 0 saturated carbocycles. The van der Waals surface area contributed by atoms with Gasteiger partial charge in [-0.2, -0.15) is 4.98 Å². The summed E-state index contributed by atoms with van der Waals surface area (Å²) in [5.74, 6) is 1.52. The normalized spacial score (nSPS) is 17.7. The van der Waals surface area contributed by atoms with E-state index in [-0.39, 0.29) is 0 Å². The largest absolute Gasteiger partial charge is 0.359 e. The minimum Gasteiger partial charge on any atom is -0.277 e. The van der Waals surface area contributed by atoms with Crippen molar-refractivity contribution < 1.29 is 9.89 Å². The molecule has 1 atom stereocenters.